The molecule has 0 fully saturated rings. The van der Waals surface area contributed by atoms with Crippen LogP contribution in [0.1, 0.15) is 25.5 Å². The third-order valence-corrected chi connectivity index (χ3v) is 5.24. The number of hydrogen-bond acceptors (Lipinski definition) is 3. The molecular formula is C23H22ClN3O2. The normalized spacial score (nSPS) is 11.3. The average molecular weight is 408 g/mol. The highest BCUT2D eigenvalue weighted by molar-refractivity contribution is 6.31. The van der Waals surface area contributed by atoms with Crippen LogP contribution in [-0.4, -0.2) is 21.2 Å². The van der Waals surface area contributed by atoms with Crippen molar-refractivity contribution in [1.29, 1.82) is 0 Å². The number of aromatic nitrogens is 3. The second-order valence-electron chi connectivity index (χ2n) is 7.28. The average Bonchev–Trinajstić information content (AvgIpc) is 3.08. The second kappa shape index (κ2) is 7.76. The van der Waals surface area contributed by atoms with E-state index in [1.54, 1.807) is 24.2 Å². The fraction of sp³-hybridized carbons (Fsp3) is 0.217. The number of nitrogens with zero attached hydrogens (tertiary/aromatic N) is 3. The van der Waals surface area contributed by atoms with Gasteiger partial charge in [-0.1, -0.05) is 23.7 Å². The Hall–Kier alpha value is -3.05. The molecule has 0 saturated carbocycles. The Balaban J connectivity index is 1.81. The van der Waals surface area contributed by atoms with Gasteiger partial charge in [-0.3, -0.25) is 9.36 Å². The summed E-state index contributed by atoms with van der Waals surface area (Å²) in [5.74, 6) is 0.785. The van der Waals surface area contributed by atoms with E-state index in [1.807, 2.05) is 48.5 Å². The van der Waals surface area contributed by atoms with E-state index in [9.17, 15) is 4.79 Å². The highest BCUT2D eigenvalue weighted by Crippen LogP contribution is 2.31. The number of halogens is 1. The highest BCUT2D eigenvalue weighted by Gasteiger charge is 2.17. The van der Waals surface area contributed by atoms with Crippen molar-refractivity contribution in [2.24, 2.45) is 0 Å². The Kier molecular flexibility index (Phi) is 5.16. The van der Waals surface area contributed by atoms with Crippen LogP contribution >= 0.6 is 11.6 Å². The molecule has 0 atom stereocenters. The molecule has 148 valence electrons. The lowest BCUT2D eigenvalue weighted by Crippen LogP contribution is -2.23. The number of methoxy groups -OCH3 is 1. The van der Waals surface area contributed by atoms with E-state index in [0.29, 0.717) is 17.1 Å². The topological polar surface area (TPSA) is 49.0 Å². The van der Waals surface area contributed by atoms with Gasteiger partial charge < -0.3 is 9.30 Å². The van der Waals surface area contributed by atoms with Crippen LogP contribution in [0.4, 0.5) is 0 Å². The summed E-state index contributed by atoms with van der Waals surface area (Å²) in [5.41, 5.74) is 3.39. The largest absolute Gasteiger partial charge is 0.497 e. The van der Waals surface area contributed by atoms with Gasteiger partial charge in [-0.05, 0) is 55.8 Å². The summed E-state index contributed by atoms with van der Waals surface area (Å²) < 4.78 is 8.99. The van der Waals surface area contributed by atoms with E-state index in [0.717, 1.165) is 27.9 Å². The summed E-state index contributed by atoms with van der Waals surface area (Å²) in [6, 6.07) is 15.7. The zero-order valence-corrected chi connectivity index (χ0v) is 17.3. The van der Waals surface area contributed by atoms with Crippen molar-refractivity contribution in [3.05, 3.63) is 82.0 Å². The lowest BCUT2D eigenvalue weighted by molar-refractivity contribution is 0.414. The molecule has 0 amide bonds. The summed E-state index contributed by atoms with van der Waals surface area (Å²) in [7, 11) is 1.63. The van der Waals surface area contributed by atoms with Crippen LogP contribution in [0.2, 0.25) is 5.02 Å². The van der Waals surface area contributed by atoms with Crippen LogP contribution in [0.5, 0.6) is 5.75 Å². The summed E-state index contributed by atoms with van der Waals surface area (Å²) in [6.07, 6.45) is 3.22. The maximum atomic E-state index is 13.3. The maximum absolute atomic E-state index is 13.3. The molecule has 0 aliphatic heterocycles. The molecule has 0 radical (unpaired) electrons. The van der Waals surface area contributed by atoms with Crippen molar-refractivity contribution in [2.75, 3.05) is 7.11 Å². The van der Waals surface area contributed by atoms with Gasteiger partial charge in [-0.15, -0.1) is 0 Å². The van der Waals surface area contributed by atoms with E-state index in [4.69, 9.17) is 16.3 Å². The van der Waals surface area contributed by atoms with E-state index in [-0.39, 0.29) is 11.6 Å². The molecule has 6 heteroatoms. The minimum absolute atomic E-state index is 0.0772. The first kappa shape index (κ1) is 19.3. The fourth-order valence-corrected chi connectivity index (χ4v) is 3.82. The van der Waals surface area contributed by atoms with Crippen molar-refractivity contribution in [3.63, 3.8) is 0 Å². The van der Waals surface area contributed by atoms with Crippen molar-refractivity contribution in [3.8, 4) is 17.0 Å². The molecule has 0 unspecified atom stereocenters. The van der Waals surface area contributed by atoms with Gasteiger partial charge >= 0.3 is 0 Å². The predicted octanol–water partition coefficient (Wildman–Crippen LogP) is 5.16. The minimum Gasteiger partial charge on any atom is -0.497 e. The van der Waals surface area contributed by atoms with Crippen molar-refractivity contribution < 1.29 is 4.74 Å². The molecule has 2 heterocycles. The number of fused-ring (bicyclic) bond motifs is 1. The molecule has 0 saturated heterocycles. The molecule has 0 aliphatic carbocycles. The van der Waals surface area contributed by atoms with Crippen molar-refractivity contribution >= 4 is 22.5 Å². The number of hydrogen-bond donors (Lipinski definition) is 0. The molecule has 0 aliphatic rings. The maximum Gasteiger partial charge on any atom is 0.262 e. The Morgan fingerprint density at radius 2 is 1.86 bits per heavy atom. The smallest absolute Gasteiger partial charge is 0.262 e. The Labute approximate surface area is 174 Å². The van der Waals surface area contributed by atoms with Gasteiger partial charge in [0.25, 0.3) is 5.56 Å². The van der Waals surface area contributed by atoms with Crippen LogP contribution in [0.25, 0.3) is 22.2 Å². The highest BCUT2D eigenvalue weighted by atomic mass is 35.5. The molecule has 29 heavy (non-hydrogen) atoms. The number of ether oxygens (including phenoxy) is 1. The first-order chi connectivity index (χ1) is 14.0. The quantitative estimate of drug-likeness (QED) is 0.459. The molecule has 0 N–H and O–H groups in total. The molecule has 0 spiro atoms. The van der Waals surface area contributed by atoms with Gasteiger partial charge in [0.2, 0.25) is 0 Å². The molecule has 5 nitrogen and oxygen atoms in total. The molecule has 2 aromatic heterocycles. The van der Waals surface area contributed by atoms with Gasteiger partial charge in [0.15, 0.2) is 0 Å². The van der Waals surface area contributed by atoms with Crippen molar-refractivity contribution in [2.45, 2.75) is 26.4 Å². The Bertz CT molecular complexity index is 1220. The lowest BCUT2D eigenvalue weighted by atomic mass is 10.2. The van der Waals surface area contributed by atoms with Crippen LogP contribution in [0.3, 0.4) is 0 Å². The lowest BCUT2D eigenvalue weighted by Gasteiger charge is -2.15. The number of rotatable bonds is 5. The van der Waals surface area contributed by atoms with Gasteiger partial charge in [-0.2, -0.15) is 0 Å². The zero-order chi connectivity index (χ0) is 20.5. The standard InChI is InChI=1S/C23H22ClN3O2/c1-15(2)27-21-9-6-18(24)10-17(21)11-22(27)20-12-25-14-26(23(20)28)13-16-4-7-19(29-3)8-5-16/h4-12,14-15H,13H2,1-3H3. The summed E-state index contributed by atoms with van der Waals surface area (Å²) in [5, 5.41) is 1.68. The molecule has 0 bridgehead atoms. The van der Waals surface area contributed by atoms with Gasteiger partial charge in [0.1, 0.15) is 5.75 Å². The van der Waals surface area contributed by atoms with Crippen LogP contribution in [0.15, 0.2) is 65.8 Å². The van der Waals surface area contributed by atoms with Gasteiger partial charge in [0.05, 0.1) is 31.2 Å². The van der Waals surface area contributed by atoms with Crippen LogP contribution in [0, 0.1) is 0 Å². The minimum atomic E-state index is -0.0772. The van der Waals surface area contributed by atoms with E-state index in [1.165, 1.54) is 0 Å². The fourth-order valence-electron chi connectivity index (χ4n) is 3.64. The predicted molar refractivity (Wildman–Crippen MR) is 117 cm³/mol. The van der Waals surface area contributed by atoms with Crippen molar-refractivity contribution in [1.82, 2.24) is 14.1 Å². The Morgan fingerprint density at radius 1 is 1.10 bits per heavy atom. The van der Waals surface area contributed by atoms with Gasteiger partial charge in [-0.25, -0.2) is 4.98 Å². The van der Waals surface area contributed by atoms with Crippen LogP contribution in [-0.2, 0) is 6.54 Å². The second-order valence-corrected chi connectivity index (χ2v) is 7.72. The first-order valence-electron chi connectivity index (χ1n) is 9.46. The Morgan fingerprint density at radius 3 is 2.55 bits per heavy atom. The summed E-state index contributed by atoms with van der Waals surface area (Å²) in [6.45, 7) is 4.64. The zero-order valence-electron chi connectivity index (χ0n) is 16.6. The van der Waals surface area contributed by atoms with E-state index >= 15 is 0 Å². The summed E-state index contributed by atoms with van der Waals surface area (Å²) in [4.78, 5) is 17.6. The van der Waals surface area contributed by atoms with Gasteiger partial charge in [0, 0.05) is 28.2 Å². The third-order valence-electron chi connectivity index (χ3n) is 5.01. The molecule has 4 rings (SSSR count). The first-order valence-corrected chi connectivity index (χ1v) is 9.84. The molecule has 4 aromatic rings. The van der Waals surface area contributed by atoms with E-state index < -0.39 is 0 Å². The summed E-state index contributed by atoms with van der Waals surface area (Å²) >= 11 is 6.18. The third kappa shape index (κ3) is 3.66. The monoisotopic (exact) mass is 407 g/mol. The number of benzene rings is 2. The molecular weight excluding hydrogens is 386 g/mol. The van der Waals surface area contributed by atoms with Crippen LogP contribution < -0.4 is 10.3 Å². The molecule has 2 aromatic carbocycles. The van der Waals surface area contributed by atoms with E-state index in [2.05, 4.69) is 23.4 Å². The SMILES string of the molecule is COc1ccc(Cn2cncc(-c3cc4cc(Cl)ccc4n3C(C)C)c2=O)cc1.